The van der Waals surface area contributed by atoms with Crippen LogP contribution in [0, 0.1) is 18.6 Å². The Bertz CT molecular complexity index is 389. The van der Waals surface area contributed by atoms with Gasteiger partial charge in [-0.15, -0.1) is 11.6 Å². The van der Waals surface area contributed by atoms with Gasteiger partial charge < -0.3 is 4.74 Å². The highest BCUT2D eigenvalue weighted by molar-refractivity contribution is 6.21. The van der Waals surface area contributed by atoms with Gasteiger partial charge in [-0.25, -0.2) is 8.78 Å². The number of aryl methyl sites for hydroxylation is 1. The van der Waals surface area contributed by atoms with Crippen LogP contribution in [-0.2, 0) is 4.74 Å². The van der Waals surface area contributed by atoms with Gasteiger partial charge in [0.25, 0.3) is 0 Å². The molecule has 88 valence electrons. The van der Waals surface area contributed by atoms with Crippen LogP contribution >= 0.6 is 11.6 Å². The first-order chi connectivity index (χ1) is 7.59. The molecule has 2 rings (SSSR count). The molecule has 0 aromatic heterocycles. The van der Waals surface area contributed by atoms with Crippen molar-refractivity contribution in [3.8, 4) is 0 Å². The highest BCUT2D eigenvalue weighted by atomic mass is 35.5. The molecule has 0 N–H and O–H groups in total. The van der Waals surface area contributed by atoms with Crippen LogP contribution in [0.3, 0.4) is 0 Å². The fraction of sp³-hybridized carbons (Fsp3) is 0.500. The number of halogens is 3. The van der Waals surface area contributed by atoms with Crippen LogP contribution in [0.4, 0.5) is 8.78 Å². The summed E-state index contributed by atoms with van der Waals surface area (Å²) in [4.78, 5) is 0. The average Bonchev–Trinajstić information content (AvgIpc) is 2.75. The van der Waals surface area contributed by atoms with E-state index in [1.165, 1.54) is 6.07 Å². The summed E-state index contributed by atoms with van der Waals surface area (Å²) >= 11 is 6.15. The molecule has 1 fully saturated rings. The van der Waals surface area contributed by atoms with E-state index in [1.54, 1.807) is 6.92 Å². The molecule has 0 saturated carbocycles. The number of rotatable bonds is 2. The van der Waals surface area contributed by atoms with Gasteiger partial charge in [0.05, 0.1) is 11.5 Å². The van der Waals surface area contributed by atoms with E-state index in [-0.39, 0.29) is 6.10 Å². The van der Waals surface area contributed by atoms with E-state index >= 15 is 0 Å². The Kier molecular flexibility index (Phi) is 3.45. The second-order valence-corrected chi connectivity index (χ2v) is 4.55. The molecular formula is C12H13ClF2O. The SMILES string of the molecule is Cc1cc(C(Cl)C2CCCO2)c(F)cc1F. The monoisotopic (exact) mass is 246 g/mol. The highest BCUT2D eigenvalue weighted by Crippen LogP contribution is 2.34. The molecule has 1 aromatic carbocycles. The van der Waals surface area contributed by atoms with Gasteiger partial charge >= 0.3 is 0 Å². The first kappa shape index (κ1) is 11.8. The van der Waals surface area contributed by atoms with Crippen LogP contribution in [0.15, 0.2) is 12.1 Å². The van der Waals surface area contributed by atoms with E-state index in [4.69, 9.17) is 16.3 Å². The predicted molar refractivity (Wildman–Crippen MR) is 58.7 cm³/mol. The van der Waals surface area contributed by atoms with Crippen LogP contribution in [-0.4, -0.2) is 12.7 Å². The molecule has 0 bridgehead atoms. The Labute approximate surface area is 98.4 Å². The summed E-state index contributed by atoms with van der Waals surface area (Å²) in [6, 6.07) is 2.35. The Morgan fingerprint density at radius 3 is 2.75 bits per heavy atom. The Hall–Kier alpha value is -0.670. The smallest absolute Gasteiger partial charge is 0.130 e. The van der Waals surface area contributed by atoms with Crippen molar-refractivity contribution in [2.75, 3.05) is 6.61 Å². The lowest BCUT2D eigenvalue weighted by Crippen LogP contribution is -2.14. The second-order valence-electron chi connectivity index (χ2n) is 4.08. The molecule has 1 heterocycles. The summed E-state index contributed by atoms with van der Waals surface area (Å²) in [7, 11) is 0. The molecule has 1 aromatic rings. The lowest BCUT2D eigenvalue weighted by molar-refractivity contribution is 0.106. The summed E-state index contributed by atoms with van der Waals surface area (Å²) in [5.41, 5.74) is 0.729. The molecule has 1 nitrogen and oxygen atoms in total. The molecule has 0 aliphatic carbocycles. The number of hydrogen-bond donors (Lipinski definition) is 0. The molecule has 0 spiro atoms. The quantitative estimate of drug-likeness (QED) is 0.723. The zero-order valence-corrected chi connectivity index (χ0v) is 9.73. The van der Waals surface area contributed by atoms with Crippen molar-refractivity contribution in [1.82, 2.24) is 0 Å². The summed E-state index contributed by atoms with van der Waals surface area (Å²) in [5, 5.41) is -0.540. The average molecular weight is 247 g/mol. The minimum absolute atomic E-state index is 0.166. The fourth-order valence-corrected chi connectivity index (χ4v) is 2.29. The van der Waals surface area contributed by atoms with Crippen LogP contribution < -0.4 is 0 Å². The molecule has 1 aliphatic rings. The standard InChI is InChI=1S/C12H13ClF2O/c1-7-5-8(10(15)6-9(7)14)12(13)11-3-2-4-16-11/h5-6,11-12H,2-4H2,1H3. The largest absolute Gasteiger partial charge is 0.376 e. The number of hydrogen-bond acceptors (Lipinski definition) is 1. The third-order valence-corrected chi connectivity index (χ3v) is 3.38. The molecule has 2 atom stereocenters. The predicted octanol–water partition coefficient (Wildman–Crippen LogP) is 3.73. The number of benzene rings is 1. The summed E-state index contributed by atoms with van der Waals surface area (Å²) < 4.78 is 32.0. The molecule has 4 heteroatoms. The van der Waals surface area contributed by atoms with Crippen molar-refractivity contribution >= 4 is 11.6 Å². The maximum absolute atomic E-state index is 13.6. The van der Waals surface area contributed by atoms with E-state index in [2.05, 4.69) is 0 Å². The van der Waals surface area contributed by atoms with E-state index in [0.717, 1.165) is 18.9 Å². The van der Waals surface area contributed by atoms with Crippen LogP contribution in [0.5, 0.6) is 0 Å². The van der Waals surface area contributed by atoms with Gasteiger partial charge in [0.2, 0.25) is 0 Å². The second kappa shape index (κ2) is 4.68. The minimum Gasteiger partial charge on any atom is -0.376 e. The van der Waals surface area contributed by atoms with Crippen LogP contribution in [0.25, 0.3) is 0 Å². The van der Waals surface area contributed by atoms with Crippen molar-refractivity contribution in [1.29, 1.82) is 0 Å². The summed E-state index contributed by atoms with van der Waals surface area (Å²) in [6.07, 6.45) is 1.60. The topological polar surface area (TPSA) is 9.23 Å². The van der Waals surface area contributed by atoms with E-state index in [1.807, 2.05) is 0 Å². The van der Waals surface area contributed by atoms with Gasteiger partial charge in [-0.1, -0.05) is 0 Å². The minimum atomic E-state index is -0.599. The lowest BCUT2D eigenvalue weighted by Gasteiger charge is -2.18. The molecule has 16 heavy (non-hydrogen) atoms. The van der Waals surface area contributed by atoms with Gasteiger partial charge in [0.15, 0.2) is 0 Å². The van der Waals surface area contributed by atoms with Crippen molar-refractivity contribution in [2.45, 2.75) is 31.2 Å². The highest BCUT2D eigenvalue weighted by Gasteiger charge is 2.28. The normalized spacial score (nSPS) is 22.4. The Balaban J connectivity index is 2.28. The summed E-state index contributed by atoms with van der Waals surface area (Å²) in [6.45, 7) is 2.26. The summed E-state index contributed by atoms with van der Waals surface area (Å²) in [5.74, 6) is -1.14. The van der Waals surface area contributed by atoms with Crippen molar-refractivity contribution in [2.24, 2.45) is 0 Å². The Morgan fingerprint density at radius 1 is 1.38 bits per heavy atom. The van der Waals surface area contributed by atoms with Crippen molar-refractivity contribution < 1.29 is 13.5 Å². The zero-order valence-electron chi connectivity index (χ0n) is 8.97. The van der Waals surface area contributed by atoms with E-state index in [9.17, 15) is 8.78 Å². The first-order valence-corrected chi connectivity index (χ1v) is 5.74. The van der Waals surface area contributed by atoms with E-state index in [0.29, 0.717) is 17.7 Å². The van der Waals surface area contributed by atoms with Crippen molar-refractivity contribution in [3.05, 3.63) is 34.9 Å². The lowest BCUT2D eigenvalue weighted by atomic mass is 10.0. The zero-order chi connectivity index (χ0) is 11.7. The maximum atomic E-state index is 13.6. The number of alkyl halides is 1. The molecule has 0 radical (unpaired) electrons. The number of ether oxygens (including phenoxy) is 1. The van der Waals surface area contributed by atoms with Gasteiger partial charge in [-0.3, -0.25) is 0 Å². The first-order valence-electron chi connectivity index (χ1n) is 5.31. The molecule has 2 unspecified atom stereocenters. The third kappa shape index (κ3) is 2.20. The Morgan fingerprint density at radius 2 is 2.12 bits per heavy atom. The molecule has 1 saturated heterocycles. The molecule has 1 aliphatic heterocycles. The van der Waals surface area contributed by atoms with Gasteiger partial charge in [0, 0.05) is 18.2 Å². The van der Waals surface area contributed by atoms with Gasteiger partial charge in [0.1, 0.15) is 11.6 Å². The maximum Gasteiger partial charge on any atom is 0.130 e. The van der Waals surface area contributed by atoms with Gasteiger partial charge in [-0.2, -0.15) is 0 Å². The van der Waals surface area contributed by atoms with Crippen molar-refractivity contribution in [3.63, 3.8) is 0 Å². The van der Waals surface area contributed by atoms with Crippen LogP contribution in [0.2, 0.25) is 0 Å². The third-order valence-electron chi connectivity index (χ3n) is 2.87. The fourth-order valence-electron chi connectivity index (χ4n) is 1.92. The van der Waals surface area contributed by atoms with Crippen LogP contribution in [0.1, 0.15) is 29.3 Å². The molecule has 0 amide bonds. The van der Waals surface area contributed by atoms with Gasteiger partial charge in [-0.05, 0) is 31.4 Å². The van der Waals surface area contributed by atoms with E-state index < -0.39 is 17.0 Å². The molecular weight excluding hydrogens is 234 g/mol.